The second-order valence-corrected chi connectivity index (χ2v) is 3.59. The fraction of sp³-hybridized carbons (Fsp3) is 0.500. The van der Waals surface area contributed by atoms with Gasteiger partial charge in [-0.25, -0.2) is 4.79 Å². The van der Waals surface area contributed by atoms with E-state index in [9.17, 15) is 14.4 Å². The summed E-state index contributed by atoms with van der Waals surface area (Å²) in [5.41, 5.74) is -0.583. The Kier molecular flexibility index (Phi) is 3.31. The molecule has 0 aliphatic carbocycles. The van der Waals surface area contributed by atoms with Gasteiger partial charge in [-0.05, 0) is 6.92 Å². The first-order chi connectivity index (χ1) is 7.34. The topological polar surface area (TPSA) is 70.3 Å². The van der Waals surface area contributed by atoms with Crippen LogP contribution in [0.5, 0.6) is 0 Å². The van der Waals surface area contributed by atoms with Gasteiger partial charge in [0.1, 0.15) is 6.10 Å². The van der Waals surface area contributed by atoms with Gasteiger partial charge < -0.3 is 9.30 Å². The van der Waals surface area contributed by atoms with Crippen molar-refractivity contribution in [3.8, 4) is 0 Å². The minimum atomic E-state index is -0.664. The van der Waals surface area contributed by atoms with Crippen LogP contribution < -0.4 is 11.2 Å². The minimum Gasteiger partial charge on any atom is -0.458 e. The third kappa shape index (κ3) is 2.21. The van der Waals surface area contributed by atoms with E-state index in [-0.39, 0.29) is 5.56 Å². The predicted molar refractivity (Wildman–Crippen MR) is 57.1 cm³/mol. The average molecular weight is 226 g/mol. The van der Waals surface area contributed by atoms with E-state index in [0.717, 1.165) is 4.57 Å². The lowest BCUT2D eigenvalue weighted by Crippen LogP contribution is -2.39. The Hall–Kier alpha value is -1.85. The van der Waals surface area contributed by atoms with Crippen molar-refractivity contribution in [3.63, 3.8) is 0 Å². The van der Waals surface area contributed by atoms with E-state index >= 15 is 0 Å². The molecule has 16 heavy (non-hydrogen) atoms. The SMILES string of the molecule is CC(=O)OC(C)c1cn(C)c(=O)n(C)c1=O. The van der Waals surface area contributed by atoms with Gasteiger partial charge in [0.2, 0.25) is 0 Å². The molecular formula is C10H14N2O4. The number of nitrogens with zero attached hydrogens (tertiary/aromatic N) is 2. The number of rotatable bonds is 2. The standard InChI is InChI=1S/C10H14N2O4/c1-6(16-7(2)13)8-5-11(3)10(15)12(4)9(8)14/h5-6H,1-4H3. The lowest BCUT2D eigenvalue weighted by molar-refractivity contribution is -0.145. The van der Waals surface area contributed by atoms with Gasteiger partial charge in [0, 0.05) is 27.2 Å². The molecular weight excluding hydrogens is 212 g/mol. The molecule has 0 aliphatic rings. The first kappa shape index (κ1) is 12.2. The van der Waals surface area contributed by atoms with Gasteiger partial charge in [0.05, 0.1) is 5.56 Å². The summed E-state index contributed by atoms with van der Waals surface area (Å²) in [7, 11) is 2.92. The van der Waals surface area contributed by atoms with Gasteiger partial charge in [-0.1, -0.05) is 0 Å². The van der Waals surface area contributed by atoms with Gasteiger partial charge in [0.25, 0.3) is 5.56 Å². The maximum absolute atomic E-state index is 11.7. The average Bonchev–Trinajstić information content (AvgIpc) is 2.19. The summed E-state index contributed by atoms with van der Waals surface area (Å²) >= 11 is 0. The van der Waals surface area contributed by atoms with Crippen LogP contribution in [0.4, 0.5) is 0 Å². The highest BCUT2D eigenvalue weighted by Crippen LogP contribution is 2.10. The maximum Gasteiger partial charge on any atom is 0.330 e. The number of hydrogen-bond donors (Lipinski definition) is 0. The summed E-state index contributed by atoms with van der Waals surface area (Å²) in [6.45, 7) is 2.85. The van der Waals surface area contributed by atoms with Crippen LogP contribution >= 0.6 is 0 Å². The molecule has 0 amide bonds. The quantitative estimate of drug-likeness (QED) is 0.650. The van der Waals surface area contributed by atoms with E-state index < -0.39 is 23.3 Å². The number of carbonyl (C=O) groups is 1. The van der Waals surface area contributed by atoms with Crippen molar-refractivity contribution in [2.75, 3.05) is 0 Å². The van der Waals surface area contributed by atoms with Crippen molar-refractivity contribution in [1.82, 2.24) is 9.13 Å². The van der Waals surface area contributed by atoms with Gasteiger partial charge in [-0.15, -0.1) is 0 Å². The molecule has 1 rings (SSSR count). The van der Waals surface area contributed by atoms with Crippen LogP contribution in [-0.4, -0.2) is 15.1 Å². The van der Waals surface area contributed by atoms with Crippen molar-refractivity contribution >= 4 is 5.97 Å². The summed E-state index contributed by atoms with van der Waals surface area (Å²) in [5.74, 6) is -0.469. The number of esters is 1. The summed E-state index contributed by atoms with van der Waals surface area (Å²) in [6, 6.07) is 0. The number of aromatic nitrogens is 2. The molecule has 0 aromatic carbocycles. The second kappa shape index (κ2) is 4.34. The van der Waals surface area contributed by atoms with Crippen LogP contribution in [0, 0.1) is 0 Å². The third-order valence-electron chi connectivity index (χ3n) is 2.25. The molecule has 88 valence electrons. The molecule has 0 aliphatic heterocycles. The fourth-order valence-corrected chi connectivity index (χ4v) is 1.43. The van der Waals surface area contributed by atoms with Crippen LogP contribution in [-0.2, 0) is 23.6 Å². The highest BCUT2D eigenvalue weighted by atomic mass is 16.5. The number of ether oxygens (including phenoxy) is 1. The first-order valence-corrected chi connectivity index (χ1v) is 4.78. The summed E-state index contributed by atoms with van der Waals surface area (Å²) in [4.78, 5) is 33.9. The Morgan fingerprint density at radius 1 is 1.38 bits per heavy atom. The fourth-order valence-electron chi connectivity index (χ4n) is 1.43. The van der Waals surface area contributed by atoms with Crippen LogP contribution in [0.2, 0.25) is 0 Å². The van der Waals surface area contributed by atoms with E-state index in [1.54, 1.807) is 6.92 Å². The molecule has 1 heterocycles. The second-order valence-electron chi connectivity index (χ2n) is 3.59. The Morgan fingerprint density at radius 3 is 2.44 bits per heavy atom. The Morgan fingerprint density at radius 2 is 1.94 bits per heavy atom. The molecule has 0 radical (unpaired) electrons. The van der Waals surface area contributed by atoms with E-state index in [1.165, 1.54) is 31.8 Å². The summed E-state index contributed by atoms with van der Waals surface area (Å²) in [5, 5.41) is 0. The molecule has 6 nitrogen and oxygen atoms in total. The molecule has 0 spiro atoms. The zero-order valence-corrected chi connectivity index (χ0v) is 9.68. The molecule has 1 aromatic heterocycles. The third-order valence-corrected chi connectivity index (χ3v) is 2.25. The summed E-state index contributed by atoms with van der Waals surface area (Å²) < 4.78 is 7.16. The Labute approximate surface area is 92.1 Å². The van der Waals surface area contributed by atoms with Crippen LogP contribution in [0.1, 0.15) is 25.5 Å². The number of aryl methyl sites for hydroxylation is 1. The van der Waals surface area contributed by atoms with Crippen molar-refractivity contribution in [2.45, 2.75) is 20.0 Å². The minimum absolute atomic E-state index is 0.278. The lowest BCUT2D eigenvalue weighted by atomic mass is 10.2. The molecule has 0 saturated carbocycles. The van der Waals surface area contributed by atoms with E-state index in [1.807, 2.05) is 0 Å². The van der Waals surface area contributed by atoms with Crippen molar-refractivity contribution in [2.24, 2.45) is 14.1 Å². The van der Waals surface area contributed by atoms with Gasteiger partial charge in [-0.3, -0.25) is 14.2 Å². The molecule has 0 saturated heterocycles. The van der Waals surface area contributed by atoms with Crippen LogP contribution in [0.15, 0.2) is 15.8 Å². The molecule has 0 N–H and O–H groups in total. The largest absolute Gasteiger partial charge is 0.458 e. The Bertz CT molecular complexity index is 527. The predicted octanol–water partition coefficient (Wildman–Crippen LogP) is -0.292. The molecule has 1 atom stereocenters. The smallest absolute Gasteiger partial charge is 0.330 e. The Balaban J connectivity index is 3.31. The number of carbonyl (C=O) groups excluding carboxylic acids is 1. The molecule has 0 bridgehead atoms. The van der Waals surface area contributed by atoms with Gasteiger partial charge in [-0.2, -0.15) is 0 Å². The zero-order valence-electron chi connectivity index (χ0n) is 9.68. The molecule has 0 fully saturated rings. The summed E-state index contributed by atoms with van der Waals surface area (Å²) in [6.07, 6.45) is 0.723. The highest BCUT2D eigenvalue weighted by molar-refractivity contribution is 5.66. The molecule has 1 unspecified atom stereocenters. The van der Waals surface area contributed by atoms with E-state index in [2.05, 4.69) is 0 Å². The van der Waals surface area contributed by atoms with Crippen LogP contribution in [0.3, 0.4) is 0 Å². The lowest BCUT2D eigenvalue weighted by Gasteiger charge is -2.13. The maximum atomic E-state index is 11.7. The molecule has 6 heteroatoms. The van der Waals surface area contributed by atoms with Crippen molar-refractivity contribution < 1.29 is 9.53 Å². The van der Waals surface area contributed by atoms with E-state index in [4.69, 9.17) is 4.74 Å². The van der Waals surface area contributed by atoms with Gasteiger partial charge in [0.15, 0.2) is 0 Å². The normalized spacial score (nSPS) is 12.2. The number of hydrogen-bond acceptors (Lipinski definition) is 4. The molecule has 1 aromatic rings. The highest BCUT2D eigenvalue weighted by Gasteiger charge is 2.15. The van der Waals surface area contributed by atoms with Crippen molar-refractivity contribution in [1.29, 1.82) is 0 Å². The van der Waals surface area contributed by atoms with Gasteiger partial charge >= 0.3 is 11.7 Å². The van der Waals surface area contributed by atoms with Crippen LogP contribution in [0.25, 0.3) is 0 Å². The first-order valence-electron chi connectivity index (χ1n) is 4.78. The van der Waals surface area contributed by atoms with Crippen molar-refractivity contribution in [3.05, 3.63) is 32.6 Å². The zero-order chi connectivity index (χ0) is 12.5. The monoisotopic (exact) mass is 226 g/mol. The van der Waals surface area contributed by atoms with E-state index in [0.29, 0.717) is 0 Å².